The van der Waals surface area contributed by atoms with E-state index >= 15 is 0 Å². The fourth-order valence-corrected chi connectivity index (χ4v) is 3.50. The lowest BCUT2D eigenvalue weighted by molar-refractivity contribution is 0.248. The summed E-state index contributed by atoms with van der Waals surface area (Å²) in [6.07, 6.45) is 8.79. The Labute approximate surface area is 109 Å². The van der Waals surface area contributed by atoms with E-state index in [1.54, 1.807) is 0 Å². The van der Waals surface area contributed by atoms with Gasteiger partial charge in [0, 0.05) is 17.6 Å². The average Bonchev–Trinajstić information content (AvgIpc) is 2.80. The molecule has 1 N–H and O–H groups in total. The summed E-state index contributed by atoms with van der Waals surface area (Å²) in [7, 11) is 0. The highest BCUT2D eigenvalue weighted by Crippen LogP contribution is 2.28. The Kier molecular flexibility index (Phi) is 4.99. The Bertz CT molecular complexity index is 335. The largest absolute Gasteiger partial charge is 0.312 e. The third-order valence-electron chi connectivity index (χ3n) is 3.90. The number of thiazole rings is 1. The zero-order valence-corrected chi connectivity index (χ0v) is 11.9. The summed E-state index contributed by atoms with van der Waals surface area (Å²) in [4.78, 5) is 5.77. The molecular formula is C14H24N2S. The molecule has 2 unspecified atom stereocenters. The van der Waals surface area contributed by atoms with Crippen molar-refractivity contribution in [2.45, 2.75) is 52.5 Å². The molecule has 0 saturated heterocycles. The Hall–Kier alpha value is -0.410. The van der Waals surface area contributed by atoms with Crippen LogP contribution in [0.3, 0.4) is 0 Å². The van der Waals surface area contributed by atoms with E-state index in [0.29, 0.717) is 0 Å². The van der Waals surface area contributed by atoms with Crippen LogP contribution in [0.1, 0.15) is 49.4 Å². The number of aryl methyl sites for hydroxylation is 1. The van der Waals surface area contributed by atoms with E-state index in [1.165, 1.54) is 42.1 Å². The van der Waals surface area contributed by atoms with Gasteiger partial charge in [-0.15, -0.1) is 11.3 Å². The van der Waals surface area contributed by atoms with Gasteiger partial charge in [0.1, 0.15) is 0 Å². The molecule has 3 heteroatoms. The molecule has 96 valence electrons. The van der Waals surface area contributed by atoms with Crippen LogP contribution in [0.15, 0.2) is 6.20 Å². The summed E-state index contributed by atoms with van der Waals surface area (Å²) in [6.45, 7) is 6.76. The van der Waals surface area contributed by atoms with Gasteiger partial charge in [-0.05, 0) is 31.2 Å². The molecular weight excluding hydrogens is 228 g/mol. The molecule has 0 radical (unpaired) electrons. The molecule has 2 nitrogen and oxygen atoms in total. The molecule has 1 aromatic rings. The van der Waals surface area contributed by atoms with Crippen molar-refractivity contribution in [2.24, 2.45) is 11.8 Å². The summed E-state index contributed by atoms with van der Waals surface area (Å²) >= 11 is 1.85. The van der Waals surface area contributed by atoms with Crippen molar-refractivity contribution in [3.05, 3.63) is 16.1 Å². The predicted octanol–water partition coefficient (Wildman–Crippen LogP) is 3.62. The summed E-state index contributed by atoms with van der Waals surface area (Å²) in [5.41, 5.74) is 0. The molecule has 0 aliphatic heterocycles. The number of hydrogen-bond donors (Lipinski definition) is 1. The molecule has 1 aliphatic carbocycles. The van der Waals surface area contributed by atoms with Crippen LogP contribution < -0.4 is 5.32 Å². The van der Waals surface area contributed by atoms with Crippen molar-refractivity contribution in [1.29, 1.82) is 0 Å². The minimum atomic E-state index is 0.891. The van der Waals surface area contributed by atoms with Crippen LogP contribution in [0.5, 0.6) is 0 Å². The van der Waals surface area contributed by atoms with Crippen molar-refractivity contribution in [3.63, 3.8) is 0 Å². The lowest BCUT2D eigenvalue weighted by Gasteiger charge is -2.28. The molecule has 2 atom stereocenters. The molecule has 0 amide bonds. The summed E-state index contributed by atoms with van der Waals surface area (Å²) in [5, 5.41) is 4.87. The Morgan fingerprint density at radius 1 is 1.41 bits per heavy atom. The average molecular weight is 252 g/mol. The van der Waals surface area contributed by atoms with E-state index in [4.69, 9.17) is 0 Å². The highest BCUT2D eigenvalue weighted by Gasteiger charge is 2.20. The highest BCUT2D eigenvalue weighted by atomic mass is 32.1. The molecule has 1 fully saturated rings. The minimum absolute atomic E-state index is 0.891. The molecule has 1 aromatic heterocycles. The molecule has 1 saturated carbocycles. The van der Waals surface area contributed by atoms with E-state index in [9.17, 15) is 0 Å². The van der Waals surface area contributed by atoms with Gasteiger partial charge in [-0.25, -0.2) is 4.98 Å². The second kappa shape index (κ2) is 6.50. The third-order valence-corrected chi connectivity index (χ3v) is 5.04. The maximum absolute atomic E-state index is 4.39. The van der Waals surface area contributed by atoms with Crippen molar-refractivity contribution in [3.8, 4) is 0 Å². The topological polar surface area (TPSA) is 24.9 Å². The number of nitrogens with one attached hydrogen (secondary N) is 1. The van der Waals surface area contributed by atoms with Gasteiger partial charge < -0.3 is 5.32 Å². The van der Waals surface area contributed by atoms with Crippen LogP contribution in [0.2, 0.25) is 0 Å². The molecule has 0 bridgehead atoms. The van der Waals surface area contributed by atoms with Gasteiger partial charge in [-0.3, -0.25) is 0 Å². The molecule has 1 heterocycles. The normalized spacial score (nSPS) is 25.1. The lowest BCUT2D eigenvalue weighted by Crippen LogP contribution is -2.28. The van der Waals surface area contributed by atoms with E-state index in [0.717, 1.165) is 24.8 Å². The van der Waals surface area contributed by atoms with Gasteiger partial charge in [0.2, 0.25) is 0 Å². The Balaban J connectivity index is 1.71. The zero-order valence-electron chi connectivity index (χ0n) is 11.0. The highest BCUT2D eigenvalue weighted by molar-refractivity contribution is 7.11. The molecule has 1 aliphatic rings. The Morgan fingerprint density at radius 2 is 2.24 bits per heavy atom. The Morgan fingerprint density at radius 3 is 2.94 bits per heavy atom. The van der Waals surface area contributed by atoms with Crippen LogP contribution in [-0.2, 0) is 13.0 Å². The molecule has 0 aromatic carbocycles. The quantitative estimate of drug-likeness (QED) is 0.865. The predicted molar refractivity (Wildman–Crippen MR) is 74.3 cm³/mol. The first-order chi connectivity index (χ1) is 8.29. The number of hydrogen-bond acceptors (Lipinski definition) is 3. The summed E-state index contributed by atoms with van der Waals surface area (Å²) in [5.74, 6) is 1.80. The number of rotatable bonds is 5. The second-order valence-electron chi connectivity index (χ2n) is 5.23. The van der Waals surface area contributed by atoms with Crippen molar-refractivity contribution < 1.29 is 0 Å². The van der Waals surface area contributed by atoms with Gasteiger partial charge in [-0.2, -0.15) is 0 Å². The van der Waals surface area contributed by atoms with E-state index in [2.05, 4.69) is 24.1 Å². The van der Waals surface area contributed by atoms with Crippen LogP contribution in [0, 0.1) is 11.8 Å². The first-order valence-corrected chi connectivity index (χ1v) is 7.75. The lowest BCUT2D eigenvalue weighted by atomic mass is 9.80. The number of nitrogens with zero attached hydrogens (tertiary/aromatic N) is 1. The van der Waals surface area contributed by atoms with Gasteiger partial charge in [0.15, 0.2) is 0 Å². The van der Waals surface area contributed by atoms with E-state index < -0.39 is 0 Å². The summed E-state index contributed by atoms with van der Waals surface area (Å²) in [6, 6.07) is 0. The van der Waals surface area contributed by atoms with Crippen molar-refractivity contribution >= 4 is 11.3 Å². The zero-order chi connectivity index (χ0) is 12.1. The van der Waals surface area contributed by atoms with Crippen LogP contribution in [0.25, 0.3) is 0 Å². The summed E-state index contributed by atoms with van der Waals surface area (Å²) < 4.78 is 0. The van der Waals surface area contributed by atoms with Gasteiger partial charge in [-0.1, -0.05) is 33.1 Å². The first kappa shape index (κ1) is 13.0. The van der Waals surface area contributed by atoms with Crippen LogP contribution in [-0.4, -0.2) is 11.5 Å². The fourth-order valence-electron chi connectivity index (χ4n) is 2.67. The smallest absolute Gasteiger partial charge is 0.0925 e. The SMILES string of the molecule is CCc1ncc(CNCC2CCCCC2C)s1. The second-order valence-corrected chi connectivity index (χ2v) is 6.43. The maximum Gasteiger partial charge on any atom is 0.0925 e. The van der Waals surface area contributed by atoms with Crippen molar-refractivity contribution in [1.82, 2.24) is 10.3 Å². The molecule has 17 heavy (non-hydrogen) atoms. The standard InChI is InChI=1S/C14H24N2S/c1-3-14-16-10-13(17-14)9-15-8-12-7-5-4-6-11(12)2/h10-12,15H,3-9H2,1-2H3. The molecule has 0 spiro atoms. The monoisotopic (exact) mass is 252 g/mol. The van der Waals surface area contributed by atoms with Gasteiger partial charge in [0.05, 0.1) is 5.01 Å². The van der Waals surface area contributed by atoms with Gasteiger partial charge >= 0.3 is 0 Å². The number of aromatic nitrogens is 1. The van der Waals surface area contributed by atoms with Crippen LogP contribution in [0.4, 0.5) is 0 Å². The van der Waals surface area contributed by atoms with Crippen molar-refractivity contribution in [2.75, 3.05) is 6.54 Å². The van der Waals surface area contributed by atoms with E-state index in [1.807, 2.05) is 17.5 Å². The van der Waals surface area contributed by atoms with Gasteiger partial charge in [0.25, 0.3) is 0 Å². The van der Waals surface area contributed by atoms with Crippen LogP contribution >= 0.6 is 11.3 Å². The maximum atomic E-state index is 4.39. The van der Waals surface area contributed by atoms with E-state index in [-0.39, 0.29) is 0 Å². The first-order valence-electron chi connectivity index (χ1n) is 6.94. The fraction of sp³-hybridized carbons (Fsp3) is 0.786. The minimum Gasteiger partial charge on any atom is -0.312 e. The third kappa shape index (κ3) is 3.78. The molecule has 2 rings (SSSR count).